The Morgan fingerprint density at radius 1 is 1.15 bits per heavy atom. The van der Waals surface area contributed by atoms with Crippen molar-refractivity contribution in [3.8, 4) is 10.6 Å². The molecule has 2 N–H and O–H groups in total. The van der Waals surface area contributed by atoms with E-state index in [9.17, 15) is 5.11 Å². The van der Waals surface area contributed by atoms with Gasteiger partial charge in [0.1, 0.15) is 16.9 Å². The van der Waals surface area contributed by atoms with E-state index in [2.05, 4.69) is 32.5 Å². The minimum Gasteiger partial charge on any atom is -0.467 e. The molecule has 0 radical (unpaired) electrons. The number of furan rings is 1. The summed E-state index contributed by atoms with van der Waals surface area (Å²) in [4.78, 5) is 2.30. The molecule has 1 fully saturated rings. The smallest absolute Gasteiger partial charge is 0.208 e. The molecular formula is C19H22N4O2S. The number of nitrogens with one attached hydrogen (secondary N) is 1. The van der Waals surface area contributed by atoms with Crippen molar-refractivity contribution in [2.45, 2.75) is 25.0 Å². The summed E-state index contributed by atoms with van der Waals surface area (Å²) in [5, 5.41) is 24.2. The zero-order chi connectivity index (χ0) is 17.8. The molecule has 1 aliphatic heterocycles. The van der Waals surface area contributed by atoms with Gasteiger partial charge < -0.3 is 19.7 Å². The van der Waals surface area contributed by atoms with Crippen LogP contribution in [0.25, 0.3) is 10.6 Å². The highest BCUT2D eigenvalue weighted by molar-refractivity contribution is 7.18. The lowest BCUT2D eigenvalue weighted by atomic mass is 10.1. The van der Waals surface area contributed by atoms with Gasteiger partial charge in [0.15, 0.2) is 0 Å². The summed E-state index contributed by atoms with van der Waals surface area (Å²) >= 11 is 1.64. The van der Waals surface area contributed by atoms with Crippen LogP contribution < -0.4 is 10.2 Å². The van der Waals surface area contributed by atoms with E-state index in [1.165, 1.54) is 0 Å². The van der Waals surface area contributed by atoms with Crippen LogP contribution >= 0.6 is 11.3 Å². The number of hydrogen-bond acceptors (Lipinski definition) is 7. The number of nitrogens with zero attached hydrogens (tertiary/aromatic N) is 3. The summed E-state index contributed by atoms with van der Waals surface area (Å²) in [6, 6.07) is 14.2. The Kier molecular flexibility index (Phi) is 5.29. The van der Waals surface area contributed by atoms with E-state index in [0.717, 1.165) is 41.6 Å². The van der Waals surface area contributed by atoms with Crippen molar-refractivity contribution in [2.24, 2.45) is 0 Å². The minimum atomic E-state index is -0.598. The fourth-order valence-electron chi connectivity index (χ4n) is 3.18. The van der Waals surface area contributed by atoms with E-state index in [-0.39, 0.29) is 0 Å². The molecule has 0 saturated carbocycles. The van der Waals surface area contributed by atoms with Gasteiger partial charge in [0.25, 0.3) is 0 Å². The molecule has 3 aromatic rings. The second kappa shape index (κ2) is 7.99. The number of rotatable bonds is 6. The van der Waals surface area contributed by atoms with Crippen LogP contribution in [0.3, 0.4) is 0 Å². The third kappa shape index (κ3) is 3.95. The Bertz CT molecular complexity index is 798. The van der Waals surface area contributed by atoms with Crippen molar-refractivity contribution in [1.82, 2.24) is 15.5 Å². The lowest BCUT2D eigenvalue weighted by molar-refractivity contribution is 0.141. The molecule has 7 heteroatoms. The van der Waals surface area contributed by atoms with Gasteiger partial charge in [-0.15, -0.1) is 10.2 Å². The van der Waals surface area contributed by atoms with Crippen molar-refractivity contribution in [3.63, 3.8) is 0 Å². The summed E-state index contributed by atoms with van der Waals surface area (Å²) in [5.74, 6) is 0.609. The molecule has 0 bridgehead atoms. The molecule has 0 unspecified atom stereocenters. The van der Waals surface area contributed by atoms with Crippen molar-refractivity contribution in [1.29, 1.82) is 0 Å². The van der Waals surface area contributed by atoms with Crippen molar-refractivity contribution < 1.29 is 9.52 Å². The van der Waals surface area contributed by atoms with Crippen LogP contribution in [-0.2, 0) is 0 Å². The Morgan fingerprint density at radius 3 is 2.69 bits per heavy atom. The molecule has 26 heavy (non-hydrogen) atoms. The normalized spacial score (nSPS) is 16.7. The monoisotopic (exact) mass is 370 g/mol. The largest absolute Gasteiger partial charge is 0.467 e. The molecule has 0 spiro atoms. The lowest BCUT2D eigenvalue weighted by Gasteiger charge is -2.32. The maximum Gasteiger partial charge on any atom is 0.208 e. The van der Waals surface area contributed by atoms with Crippen LogP contribution in [0, 0.1) is 0 Å². The first-order valence-electron chi connectivity index (χ1n) is 8.88. The molecule has 1 atom stereocenters. The van der Waals surface area contributed by atoms with Gasteiger partial charge >= 0.3 is 0 Å². The van der Waals surface area contributed by atoms with Gasteiger partial charge in [-0.1, -0.05) is 41.7 Å². The quantitative estimate of drug-likeness (QED) is 0.695. The van der Waals surface area contributed by atoms with Gasteiger partial charge in [0.05, 0.1) is 6.26 Å². The first-order valence-corrected chi connectivity index (χ1v) is 9.70. The highest BCUT2D eigenvalue weighted by Gasteiger charge is 2.23. The maximum absolute atomic E-state index is 10.1. The first-order chi connectivity index (χ1) is 12.8. The molecule has 1 saturated heterocycles. The van der Waals surface area contributed by atoms with Gasteiger partial charge in [-0.25, -0.2) is 0 Å². The number of aliphatic hydroxyl groups excluding tert-OH is 1. The van der Waals surface area contributed by atoms with E-state index in [1.807, 2.05) is 18.2 Å². The molecule has 0 aliphatic carbocycles. The third-order valence-electron chi connectivity index (χ3n) is 4.67. The molecule has 6 nitrogen and oxygen atoms in total. The number of aromatic nitrogens is 2. The summed E-state index contributed by atoms with van der Waals surface area (Å²) in [5.41, 5.74) is 1.11. The van der Waals surface area contributed by atoms with Crippen LogP contribution in [-0.4, -0.2) is 41.0 Å². The Hall–Kier alpha value is -2.22. The number of piperidine rings is 1. The summed E-state index contributed by atoms with van der Waals surface area (Å²) in [7, 11) is 0. The van der Waals surface area contributed by atoms with Crippen LogP contribution in [0.4, 0.5) is 5.13 Å². The number of hydrogen-bond donors (Lipinski definition) is 2. The fraction of sp³-hybridized carbons (Fsp3) is 0.368. The predicted octanol–water partition coefficient (Wildman–Crippen LogP) is 3.09. The van der Waals surface area contributed by atoms with E-state index < -0.39 is 6.10 Å². The third-order valence-corrected chi connectivity index (χ3v) is 5.71. The number of benzene rings is 1. The van der Waals surface area contributed by atoms with Crippen molar-refractivity contribution in [2.75, 3.05) is 24.5 Å². The molecule has 0 amide bonds. The van der Waals surface area contributed by atoms with Gasteiger partial charge in [0, 0.05) is 31.2 Å². The number of aliphatic hydroxyl groups is 1. The molecule has 3 heterocycles. The van der Waals surface area contributed by atoms with E-state index in [0.29, 0.717) is 18.3 Å². The van der Waals surface area contributed by atoms with Crippen molar-refractivity contribution >= 4 is 16.5 Å². The van der Waals surface area contributed by atoms with Gasteiger partial charge in [-0.3, -0.25) is 0 Å². The molecular weight excluding hydrogens is 348 g/mol. The second-order valence-corrected chi connectivity index (χ2v) is 7.41. The highest BCUT2D eigenvalue weighted by Crippen LogP contribution is 2.30. The fourth-order valence-corrected chi connectivity index (χ4v) is 4.08. The molecule has 1 aromatic carbocycles. The topological polar surface area (TPSA) is 74.4 Å². The molecule has 2 aromatic heterocycles. The first kappa shape index (κ1) is 17.2. The highest BCUT2D eigenvalue weighted by atomic mass is 32.1. The summed E-state index contributed by atoms with van der Waals surface area (Å²) in [6.45, 7) is 2.39. The predicted molar refractivity (Wildman–Crippen MR) is 102 cm³/mol. The Balaban J connectivity index is 1.28. The maximum atomic E-state index is 10.1. The van der Waals surface area contributed by atoms with Crippen molar-refractivity contribution in [3.05, 3.63) is 54.5 Å². The standard InChI is InChI=1S/C19H22N4O2S/c24-16(17-7-4-12-25-17)13-20-15-8-10-23(11-9-15)19-22-21-18(26-19)14-5-2-1-3-6-14/h1-7,12,15-16,20,24H,8-11,13H2/t16-/m1/s1. The van der Waals surface area contributed by atoms with Gasteiger partial charge in [-0.05, 0) is 25.0 Å². The van der Waals surface area contributed by atoms with Gasteiger partial charge in [-0.2, -0.15) is 0 Å². The van der Waals surface area contributed by atoms with E-state index in [4.69, 9.17) is 4.42 Å². The molecule has 1 aliphatic rings. The van der Waals surface area contributed by atoms with Crippen LogP contribution in [0.2, 0.25) is 0 Å². The van der Waals surface area contributed by atoms with Crippen LogP contribution in [0.1, 0.15) is 24.7 Å². The van der Waals surface area contributed by atoms with E-state index in [1.54, 1.807) is 29.7 Å². The van der Waals surface area contributed by atoms with E-state index >= 15 is 0 Å². The summed E-state index contributed by atoms with van der Waals surface area (Å²) in [6.07, 6.45) is 3.03. The Labute approximate surface area is 156 Å². The Morgan fingerprint density at radius 2 is 1.96 bits per heavy atom. The van der Waals surface area contributed by atoms with Crippen LogP contribution in [0.5, 0.6) is 0 Å². The second-order valence-electron chi connectivity index (χ2n) is 6.46. The average molecular weight is 370 g/mol. The van der Waals surface area contributed by atoms with Crippen LogP contribution in [0.15, 0.2) is 53.1 Å². The average Bonchev–Trinajstić information content (AvgIpc) is 3.39. The zero-order valence-electron chi connectivity index (χ0n) is 14.4. The summed E-state index contributed by atoms with van der Waals surface area (Å²) < 4.78 is 5.24. The zero-order valence-corrected chi connectivity index (χ0v) is 15.2. The SMILES string of the molecule is O[C@H](CNC1CCN(c2nnc(-c3ccccc3)s2)CC1)c1ccco1. The minimum absolute atomic E-state index is 0.400. The lowest BCUT2D eigenvalue weighted by Crippen LogP contribution is -2.43. The molecule has 4 rings (SSSR count). The van der Waals surface area contributed by atoms with Gasteiger partial charge in [0.2, 0.25) is 5.13 Å². The number of anilines is 1. The molecule has 136 valence electrons.